The number of rotatable bonds is 34. The van der Waals surface area contributed by atoms with Gasteiger partial charge in [-0.1, -0.05) is 104 Å². The summed E-state index contributed by atoms with van der Waals surface area (Å²) in [6.07, 6.45) is 45.6. The first kappa shape index (κ1) is 42.8. The Labute approximate surface area is 279 Å². The first-order chi connectivity index (χ1) is 20.0. The Bertz CT molecular complexity index is 520. The molecule has 0 amide bonds. The number of hydrogen-bond donors (Lipinski definition) is 2. The molecule has 1 nitrogen and oxygen atoms in total. The maximum atomic E-state index is 10.7. The van der Waals surface area contributed by atoms with E-state index in [0.29, 0.717) is 0 Å². The van der Waals surface area contributed by atoms with E-state index in [-0.39, 0.29) is 10.1 Å². The molecule has 0 aliphatic carbocycles. The summed E-state index contributed by atoms with van der Waals surface area (Å²) in [6, 6.07) is 0. The van der Waals surface area contributed by atoms with Gasteiger partial charge in [-0.15, -0.1) is 0 Å². The molecule has 0 fully saturated rings. The average molecular weight is 716 g/mol. The summed E-state index contributed by atoms with van der Waals surface area (Å²) in [5, 5.41) is 0. The van der Waals surface area contributed by atoms with Crippen LogP contribution in [0.5, 0.6) is 0 Å². The van der Waals surface area contributed by atoms with Crippen molar-refractivity contribution in [1.29, 1.82) is 0 Å². The van der Waals surface area contributed by atoms with E-state index in [4.69, 9.17) is 12.2 Å². The molecule has 0 saturated heterocycles. The summed E-state index contributed by atoms with van der Waals surface area (Å²) in [4.78, 5) is 10.7. The third-order valence-electron chi connectivity index (χ3n) is 8.80. The zero-order valence-electron chi connectivity index (χ0n) is 28.2. The third kappa shape index (κ3) is 34.5. The second kappa shape index (κ2) is 34.6. The van der Waals surface area contributed by atoms with Crippen LogP contribution in [0.25, 0.3) is 0 Å². The molecule has 0 aromatic carbocycles. The molecule has 0 radical (unpaired) electrons. The molecule has 0 rings (SSSR count). The summed E-state index contributed by atoms with van der Waals surface area (Å²) in [7, 11) is 0.159. The Morgan fingerprint density at radius 2 is 0.561 bits per heavy atom. The Kier molecular flexibility index (Phi) is 36.2. The van der Waals surface area contributed by atoms with E-state index in [0.717, 1.165) is 0 Å². The third-order valence-corrected chi connectivity index (χ3v) is 20.9. The van der Waals surface area contributed by atoms with E-state index in [1.807, 2.05) is 19.3 Å². The summed E-state index contributed by atoms with van der Waals surface area (Å²) in [6.45, 7) is 4.60. The second-order valence-corrected chi connectivity index (χ2v) is 29.3. The second-order valence-electron chi connectivity index (χ2n) is 13.0. The van der Waals surface area contributed by atoms with Gasteiger partial charge in [0.1, 0.15) is 0 Å². The van der Waals surface area contributed by atoms with Gasteiger partial charge in [-0.05, 0) is 0 Å². The van der Waals surface area contributed by atoms with Crippen molar-refractivity contribution in [3.05, 3.63) is 0 Å². The number of thiol groups is 1. The molecule has 5 heteroatoms. The van der Waals surface area contributed by atoms with Crippen molar-refractivity contribution in [2.24, 2.45) is 0 Å². The molecular formula is C36H76MoOPS2. The monoisotopic (exact) mass is 717 g/mol. The molecular weight excluding hydrogens is 639 g/mol. The standard InChI is InChI=1S/C36H76OPS2.Mo/c1-3-5-7-9-11-13-15-17-19-21-23-25-27-29-31-33-35-40(38(37)39)36-34-32-30-28-26-24-22-20-18-16-14-12-10-8-6-4-2;/h37,39H,3-36H2,1-2H3;/q+1;-1. The molecule has 0 saturated carbocycles. The van der Waals surface area contributed by atoms with Gasteiger partial charge in [0.05, 0.1) is 0 Å². The van der Waals surface area contributed by atoms with Crippen molar-refractivity contribution >= 4 is 25.9 Å². The predicted octanol–water partition coefficient (Wildman–Crippen LogP) is 14.3. The molecule has 0 aliphatic rings. The first-order valence-corrected chi connectivity index (χ1v) is 26.4. The fourth-order valence-corrected chi connectivity index (χ4v) is 14.7. The van der Waals surface area contributed by atoms with Gasteiger partial charge in [0, 0.05) is 0 Å². The Balaban J connectivity index is 3.52. The molecule has 0 aromatic rings. The molecule has 0 aromatic heterocycles. The molecule has 249 valence electrons. The van der Waals surface area contributed by atoms with Crippen molar-refractivity contribution in [3.8, 4) is 0 Å². The van der Waals surface area contributed by atoms with Crippen molar-refractivity contribution < 1.29 is 24.2 Å². The van der Waals surface area contributed by atoms with Crippen LogP contribution in [-0.4, -0.2) is 16.4 Å². The number of hydrogen-bond acceptors (Lipinski definition) is 0. The summed E-state index contributed by atoms with van der Waals surface area (Å²) in [5.41, 5.74) is 0. The Morgan fingerprint density at radius 3 is 0.732 bits per heavy atom. The van der Waals surface area contributed by atoms with Crippen LogP contribution in [0.3, 0.4) is 0 Å². The normalized spacial score (nSPS) is 13.3. The Morgan fingerprint density at radius 1 is 0.390 bits per heavy atom. The van der Waals surface area contributed by atoms with Gasteiger partial charge in [-0.2, -0.15) is 0 Å². The maximum absolute atomic E-state index is 10.7. The molecule has 0 bridgehead atoms. The predicted molar refractivity (Wildman–Crippen MR) is 194 cm³/mol. The summed E-state index contributed by atoms with van der Waals surface area (Å²) in [5.74, 6) is 2.45. The summed E-state index contributed by atoms with van der Waals surface area (Å²) < 4.78 is -1.97. The van der Waals surface area contributed by atoms with Gasteiger partial charge in [0.15, 0.2) is 0 Å². The molecule has 41 heavy (non-hydrogen) atoms. The fraction of sp³-hybridized carbons (Fsp3) is 1.00. The quantitative estimate of drug-likeness (QED) is 0.0294. The molecule has 1 unspecified atom stereocenters. The topological polar surface area (TPSA) is 20.2 Å². The minimum absolute atomic E-state index is 0.159. The van der Waals surface area contributed by atoms with Crippen LogP contribution in [0.15, 0.2) is 0 Å². The van der Waals surface area contributed by atoms with Gasteiger partial charge >= 0.3 is 177 Å². The van der Waals surface area contributed by atoms with Crippen LogP contribution in [0.2, 0.25) is 0 Å². The van der Waals surface area contributed by atoms with E-state index < -0.39 is 3.56 Å². The van der Waals surface area contributed by atoms with Crippen molar-refractivity contribution in [1.82, 2.24) is 0 Å². The first-order valence-electron chi connectivity index (χ1n) is 18.8. The van der Waals surface area contributed by atoms with Gasteiger partial charge < -0.3 is 0 Å². The van der Waals surface area contributed by atoms with E-state index in [2.05, 4.69) is 13.8 Å². The van der Waals surface area contributed by atoms with Crippen LogP contribution in [0, 0.1) is 0 Å². The Hall–Kier alpha value is 1.78. The van der Waals surface area contributed by atoms with Gasteiger partial charge in [-0.3, -0.25) is 0 Å². The van der Waals surface area contributed by atoms with Crippen LogP contribution >= 0.6 is 15.8 Å². The zero-order valence-corrected chi connectivity index (χ0v) is 32.8. The zero-order chi connectivity index (χ0) is 30.1. The molecule has 0 heterocycles. The van der Waals surface area contributed by atoms with Crippen LogP contribution in [-0.2, 0) is 29.4 Å². The van der Waals surface area contributed by atoms with Gasteiger partial charge in [-0.25, -0.2) is 0 Å². The minimum atomic E-state index is -1.97. The molecule has 1 N–H and O–H groups in total. The van der Waals surface area contributed by atoms with Crippen LogP contribution in [0.4, 0.5) is 0 Å². The van der Waals surface area contributed by atoms with Crippen molar-refractivity contribution in [2.45, 2.75) is 219 Å². The molecule has 0 spiro atoms. The average Bonchev–Trinajstić information content (AvgIpc) is 2.95. The van der Waals surface area contributed by atoms with E-state index >= 15 is 0 Å². The van der Waals surface area contributed by atoms with Crippen LogP contribution < -0.4 is 0 Å². The van der Waals surface area contributed by atoms with E-state index in [1.54, 1.807) is 0 Å². The fourth-order valence-electron chi connectivity index (χ4n) is 5.97. The SMILES string of the molecule is CCCCCCCCCCCCCCCCCCS(CCCCCCCCCCCCCCCCCC)=[P](O)(S)[Mo]. The van der Waals surface area contributed by atoms with Gasteiger partial charge in [0.2, 0.25) is 0 Å². The molecule has 0 aliphatic heterocycles. The van der Waals surface area contributed by atoms with E-state index in [1.165, 1.54) is 217 Å². The van der Waals surface area contributed by atoms with Crippen LogP contribution in [0.1, 0.15) is 219 Å². The van der Waals surface area contributed by atoms with Crippen molar-refractivity contribution in [2.75, 3.05) is 11.5 Å². The van der Waals surface area contributed by atoms with Crippen molar-refractivity contribution in [3.63, 3.8) is 0 Å². The molecule has 1 atom stereocenters. The number of unbranched alkanes of at least 4 members (excludes halogenated alkanes) is 30. The summed E-state index contributed by atoms with van der Waals surface area (Å²) >= 11 is 6.65. The van der Waals surface area contributed by atoms with Gasteiger partial charge in [0.25, 0.3) is 0 Å². The van der Waals surface area contributed by atoms with E-state index in [9.17, 15) is 4.89 Å².